The Labute approximate surface area is 85.9 Å². The van der Waals surface area contributed by atoms with Gasteiger partial charge in [-0.25, -0.2) is 8.78 Å². The van der Waals surface area contributed by atoms with E-state index in [2.05, 4.69) is 10.3 Å². The van der Waals surface area contributed by atoms with Crippen LogP contribution in [0.5, 0.6) is 5.88 Å². The number of rotatable bonds is 5. The van der Waals surface area contributed by atoms with Gasteiger partial charge in [0.15, 0.2) is 17.5 Å². The quantitative estimate of drug-likeness (QED) is 0.728. The minimum absolute atomic E-state index is 0.0539. The molecule has 6 heteroatoms. The molecule has 2 N–H and O–H groups in total. The van der Waals surface area contributed by atoms with E-state index in [0.717, 1.165) is 0 Å². The van der Waals surface area contributed by atoms with E-state index in [1.54, 1.807) is 0 Å². The van der Waals surface area contributed by atoms with Crippen LogP contribution in [0.4, 0.5) is 14.6 Å². The van der Waals surface area contributed by atoms with Gasteiger partial charge < -0.3 is 15.2 Å². The molecule has 0 spiro atoms. The molecule has 0 bridgehead atoms. The molecule has 0 amide bonds. The average Bonchev–Trinajstić information content (AvgIpc) is 2.21. The minimum atomic E-state index is -0.857. The average molecular weight is 218 g/mol. The summed E-state index contributed by atoms with van der Waals surface area (Å²) in [5, 5.41) is 11.0. The molecule has 0 saturated heterocycles. The number of hydrogen-bond donors (Lipinski definition) is 2. The van der Waals surface area contributed by atoms with Gasteiger partial charge in [-0.3, -0.25) is 0 Å². The highest BCUT2D eigenvalue weighted by Crippen LogP contribution is 2.20. The molecule has 0 radical (unpaired) electrons. The van der Waals surface area contributed by atoms with Crippen molar-refractivity contribution in [2.45, 2.75) is 6.42 Å². The van der Waals surface area contributed by atoms with Crippen molar-refractivity contribution in [3.05, 3.63) is 17.7 Å². The van der Waals surface area contributed by atoms with Crippen molar-refractivity contribution in [1.82, 2.24) is 4.98 Å². The normalized spacial score (nSPS) is 10.1. The molecule has 1 rings (SSSR count). The Bertz CT molecular complexity index is 334. The molecule has 0 aliphatic rings. The van der Waals surface area contributed by atoms with Gasteiger partial charge in [0.1, 0.15) is 0 Å². The fourth-order valence-electron chi connectivity index (χ4n) is 0.960. The number of aromatic nitrogens is 1. The first-order valence-corrected chi connectivity index (χ1v) is 4.46. The Hall–Kier alpha value is -1.43. The Morgan fingerprint density at radius 2 is 2.20 bits per heavy atom. The first-order chi connectivity index (χ1) is 7.19. The second kappa shape index (κ2) is 5.45. The van der Waals surface area contributed by atoms with Crippen LogP contribution in [0.15, 0.2) is 6.07 Å². The minimum Gasteiger partial charge on any atom is -0.475 e. The second-order valence-electron chi connectivity index (χ2n) is 2.78. The van der Waals surface area contributed by atoms with Gasteiger partial charge >= 0.3 is 0 Å². The summed E-state index contributed by atoms with van der Waals surface area (Å²) in [6.07, 6.45) is 0.368. The maximum Gasteiger partial charge on any atom is 0.252 e. The van der Waals surface area contributed by atoms with Crippen molar-refractivity contribution in [3.63, 3.8) is 0 Å². The zero-order valence-corrected chi connectivity index (χ0v) is 8.26. The Balaban J connectivity index is 2.78. The van der Waals surface area contributed by atoms with Crippen LogP contribution < -0.4 is 10.1 Å². The van der Waals surface area contributed by atoms with Crippen LogP contribution in [0.3, 0.4) is 0 Å². The van der Waals surface area contributed by atoms with E-state index in [4.69, 9.17) is 9.84 Å². The topological polar surface area (TPSA) is 54.4 Å². The van der Waals surface area contributed by atoms with Crippen molar-refractivity contribution in [2.75, 3.05) is 25.6 Å². The fourth-order valence-corrected chi connectivity index (χ4v) is 0.960. The number of aliphatic hydroxyl groups is 1. The molecule has 0 aliphatic carbocycles. The second-order valence-corrected chi connectivity index (χ2v) is 2.78. The predicted octanol–water partition coefficient (Wildman–Crippen LogP) is 1.16. The number of nitrogens with one attached hydrogen (secondary N) is 1. The van der Waals surface area contributed by atoms with E-state index in [9.17, 15) is 8.78 Å². The van der Waals surface area contributed by atoms with E-state index in [1.165, 1.54) is 7.05 Å². The molecule has 0 atom stereocenters. The van der Waals surface area contributed by atoms with E-state index >= 15 is 0 Å². The van der Waals surface area contributed by atoms with Gasteiger partial charge in [-0.1, -0.05) is 0 Å². The summed E-state index contributed by atoms with van der Waals surface area (Å²) in [5.74, 6) is -1.97. The van der Waals surface area contributed by atoms with Crippen molar-refractivity contribution in [3.8, 4) is 5.88 Å². The molecule has 0 aromatic carbocycles. The molecule has 0 aliphatic heterocycles. The van der Waals surface area contributed by atoms with Crippen LogP contribution in [0.1, 0.15) is 6.42 Å². The lowest BCUT2D eigenvalue weighted by molar-refractivity contribution is 0.223. The fraction of sp³-hybridized carbons (Fsp3) is 0.444. The van der Waals surface area contributed by atoms with Crippen molar-refractivity contribution >= 4 is 5.82 Å². The molecule has 4 nitrogen and oxygen atoms in total. The summed E-state index contributed by atoms with van der Waals surface area (Å²) in [5.41, 5.74) is 0. The third-order valence-corrected chi connectivity index (χ3v) is 1.68. The van der Waals surface area contributed by atoms with E-state index in [-0.39, 0.29) is 24.9 Å². The Morgan fingerprint density at radius 3 is 2.80 bits per heavy atom. The predicted molar refractivity (Wildman–Crippen MR) is 50.9 cm³/mol. The van der Waals surface area contributed by atoms with Gasteiger partial charge in [0.25, 0.3) is 5.88 Å². The smallest absolute Gasteiger partial charge is 0.252 e. The zero-order chi connectivity index (χ0) is 11.3. The summed E-state index contributed by atoms with van der Waals surface area (Å²) >= 11 is 0. The van der Waals surface area contributed by atoms with Gasteiger partial charge in [-0.15, -0.1) is 0 Å². The van der Waals surface area contributed by atoms with Crippen LogP contribution in [0.25, 0.3) is 0 Å². The molecule has 0 fully saturated rings. The number of pyridine rings is 1. The van der Waals surface area contributed by atoms with Crippen LogP contribution in [-0.2, 0) is 0 Å². The van der Waals surface area contributed by atoms with E-state index < -0.39 is 11.6 Å². The Kier molecular flexibility index (Phi) is 4.23. The summed E-state index contributed by atoms with van der Waals surface area (Å²) in [6.45, 7) is 0.0803. The molecule has 1 aromatic heterocycles. The number of anilines is 1. The first-order valence-electron chi connectivity index (χ1n) is 4.46. The lowest BCUT2D eigenvalue weighted by Gasteiger charge is -2.07. The zero-order valence-electron chi connectivity index (χ0n) is 8.26. The molecule has 84 valence electrons. The molecular formula is C9H12F2N2O2. The maximum absolute atomic E-state index is 13.1. The SMILES string of the molecule is CNc1nc(OCCCO)c(F)cc1F. The first kappa shape index (κ1) is 11.6. The summed E-state index contributed by atoms with van der Waals surface area (Å²) < 4.78 is 31.0. The monoisotopic (exact) mass is 218 g/mol. The van der Waals surface area contributed by atoms with Crippen molar-refractivity contribution in [2.24, 2.45) is 0 Å². The molecule has 1 heterocycles. The highest BCUT2D eigenvalue weighted by Gasteiger charge is 2.11. The van der Waals surface area contributed by atoms with Gasteiger partial charge in [0.05, 0.1) is 6.61 Å². The number of ether oxygens (including phenoxy) is 1. The molecule has 0 unspecified atom stereocenters. The largest absolute Gasteiger partial charge is 0.475 e. The number of nitrogens with zero attached hydrogens (tertiary/aromatic N) is 1. The van der Waals surface area contributed by atoms with E-state index in [1.807, 2.05) is 0 Å². The molecule has 15 heavy (non-hydrogen) atoms. The maximum atomic E-state index is 13.1. The standard InChI is InChI=1S/C9H12F2N2O2/c1-12-8-6(10)5-7(11)9(13-8)15-4-2-3-14/h5,14H,2-4H2,1H3,(H,12,13). The van der Waals surface area contributed by atoms with Crippen molar-refractivity contribution < 1.29 is 18.6 Å². The van der Waals surface area contributed by atoms with Gasteiger partial charge in [-0.05, 0) is 0 Å². The summed E-state index contributed by atoms with van der Waals surface area (Å²) in [6, 6.07) is 0.702. The van der Waals surface area contributed by atoms with Crippen LogP contribution in [0, 0.1) is 11.6 Å². The van der Waals surface area contributed by atoms with Crippen molar-refractivity contribution in [1.29, 1.82) is 0 Å². The Morgan fingerprint density at radius 1 is 1.47 bits per heavy atom. The molecule has 0 saturated carbocycles. The number of aliphatic hydroxyl groups excluding tert-OH is 1. The summed E-state index contributed by atoms with van der Waals surface area (Å²) in [4.78, 5) is 3.60. The van der Waals surface area contributed by atoms with E-state index in [0.29, 0.717) is 12.5 Å². The van der Waals surface area contributed by atoms with Gasteiger partial charge in [0, 0.05) is 26.1 Å². The summed E-state index contributed by atoms with van der Waals surface area (Å²) in [7, 11) is 1.47. The number of halogens is 2. The highest BCUT2D eigenvalue weighted by atomic mass is 19.1. The third-order valence-electron chi connectivity index (χ3n) is 1.68. The van der Waals surface area contributed by atoms with Gasteiger partial charge in [0.2, 0.25) is 0 Å². The molecule has 1 aromatic rings. The third kappa shape index (κ3) is 3.02. The van der Waals surface area contributed by atoms with Crippen LogP contribution in [0.2, 0.25) is 0 Å². The highest BCUT2D eigenvalue weighted by molar-refractivity contribution is 5.38. The lowest BCUT2D eigenvalue weighted by Crippen LogP contribution is -2.06. The number of hydrogen-bond acceptors (Lipinski definition) is 4. The van der Waals surface area contributed by atoms with Crippen LogP contribution >= 0.6 is 0 Å². The molecular weight excluding hydrogens is 206 g/mol. The van der Waals surface area contributed by atoms with Crippen LogP contribution in [-0.4, -0.2) is 30.4 Å². The lowest BCUT2D eigenvalue weighted by atomic mass is 10.4. The van der Waals surface area contributed by atoms with Gasteiger partial charge in [-0.2, -0.15) is 4.98 Å².